The lowest BCUT2D eigenvalue weighted by Gasteiger charge is -2.28. The van der Waals surface area contributed by atoms with Gasteiger partial charge in [-0.15, -0.1) is 0 Å². The van der Waals surface area contributed by atoms with Gasteiger partial charge in [-0.1, -0.05) is 34.1 Å². The van der Waals surface area contributed by atoms with Crippen LogP contribution in [0.5, 0.6) is 5.75 Å². The molecule has 0 radical (unpaired) electrons. The molecular formula is C14H18BrNO2. The van der Waals surface area contributed by atoms with Gasteiger partial charge in [-0.3, -0.25) is 4.79 Å². The van der Waals surface area contributed by atoms with Crippen molar-refractivity contribution >= 4 is 21.8 Å². The molecule has 1 aromatic carbocycles. The van der Waals surface area contributed by atoms with E-state index in [1.807, 2.05) is 36.2 Å². The third-order valence-corrected chi connectivity index (χ3v) is 3.79. The molecule has 1 amide bonds. The van der Waals surface area contributed by atoms with Gasteiger partial charge in [0.1, 0.15) is 12.4 Å². The molecule has 0 spiro atoms. The number of rotatable bonds is 4. The van der Waals surface area contributed by atoms with E-state index >= 15 is 0 Å². The van der Waals surface area contributed by atoms with Gasteiger partial charge in [0.25, 0.3) is 0 Å². The predicted molar refractivity (Wildman–Crippen MR) is 75.2 cm³/mol. The molecule has 0 bridgehead atoms. The van der Waals surface area contributed by atoms with E-state index in [4.69, 9.17) is 4.74 Å². The van der Waals surface area contributed by atoms with Gasteiger partial charge in [-0.05, 0) is 24.5 Å². The molecule has 0 aliphatic carbocycles. The van der Waals surface area contributed by atoms with Crippen molar-refractivity contribution in [1.29, 1.82) is 0 Å². The van der Waals surface area contributed by atoms with Crippen molar-refractivity contribution in [1.82, 2.24) is 4.90 Å². The highest BCUT2D eigenvalue weighted by atomic mass is 79.9. The second kappa shape index (κ2) is 6.23. The summed E-state index contributed by atoms with van der Waals surface area (Å²) in [6.07, 6.45) is 1.76. The molecule has 4 heteroatoms. The van der Waals surface area contributed by atoms with Gasteiger partial charge < -0.3 is 9.64 Å². The number of fused-ring (bicyclic) bond motifs is 1. The number of carbonyl (C=O) groups is 1. The minimum atomic E-state index is -0.0415. The Morgan fingerprint density at radius 3 is 3.06 bits per heavy atom. The molecule has 18 heavy (non-hydrogen) atoms. The molecule has 2 rings (SSSR count). The summed E-state index contributed by atoms with van der Waals surface area (Å²) in [4.78, 5) is 14.1. The highest BCUT2D eigenvalue weighted by molar-refractivity contribution is 9.09. The molecule has 3 nitrogen and oxygen atoms in total. The Kier molecular flexibility index (Phi) is 4.64. The normalized spacial score (nSPS) is 17.8. The lowest BCUT2D eigenvalue weighted by molar-refractivity contribution is -0.135. The van der Waals surface area contributed by atoms with E-state index in [1.165, 1.54) is 0 Å². The van der Waals surface area contributed by atoms with Gasteiger partial charge in [0.15, 0.2) is 0 Å². The number of hydrogen-bond donors (Lipinski definition) is 0. The SMILES string of the molecule is CN(CCCBr)C(=O)C1COc2ccccc2C1. The van der Waals surface area contributed by atoms with Gasteiger partial charge >= 0.3 is 0 Å². The fourth-order valence-corrected chi connectivity index (χ4v) is 2.46. The van der Waals surface area contributed by atoms with Crippen LogP contribution < -0.4 is 4.74 Å². The maximum absolute atomic E-state index is 12.2. The number of carbonyl (C=O) groups excluding carboxylic acids is 1. The minimum Gasteiger partial charge on any atom is -0.492 e. The molecule has 0 aromatic heterocycles. The lowest BCUT2D eigenvalue weighted by Crippen LogP contribution is -2.39. The smallest absolute Gasteiger partial charge is 0.229 e. The molecule has 0 saturated carbocycles. The Morgan fingerprint density at radius 2 is 2.28 bits per heavy atom. The minimum absolute atomic E-state index is 0.0415. The summed E-state index contributed by atoms with van der Waals surface area (Å²) in [5.41, 5.74) is 1.14. The van der Waals surface area contributed by atoms with Crippen LogP contribution in [0.4, 0.5) is 0 Å². The highest BCUT2D eigenvalue weighted by Crippen LogP contribution is 2.27. The summed E-state index contributed by atoms with van der Waals surface area (Å²) in [6, 6.07) is 7.95. The fraction of sp³-hybridized carbons (Fsp3) is 0.500. The zero-order valence-electron chi connectivity index (χ0n) is 10.6. The van der Waals surface area contributed by atoms with Crippen LogP contribution in [0.2, 0.25) is 0 Å². The summed E-state index contributed by atoms with van der Waals surface area (Å²) in [5, 5.41) is 0.925. The quantitative estimate of drug-likeness (QED) is 0.800. The molecule has 1 aromatic rings. The molecule has 1 aliphatic rings. The first-order valence-corrected chi connectivity index (χ1v) is 7.36. The Labute approximate surface area is 116 Å². The van der Waals surface area contributed by atoms with Gasteiger partial charge in [0.05, 0.1) is 5.92 Å². The molecule has 1 aliphatic heterocycles. The van der Waals surface area contributed by atoms with Crippen LogP contribution in [0.3, 0.4) is 0 Å². The van der Waals surface area contributed by atoms with E-state index in [-0.39, 0.29) is 11.8 Å². The van der Waals surface area contributed by atoms with Crippen LogP contribution in [0, 0.1) is 5.92 Å². The summed E-state index contributed by atoms with van der Waals surface area (Å²) in [5.74, 6) is 1.07. The van der Waals surface area contributed by atoms with Crippen LogP contribution in [0.15, 0.2) is 24.3 Å². The van der Waals surface area contributed by atoms with Gasteiger partial charge in [-0.25, -0.2) is 0 Å². The van der Waals surface area contributed by atoms with E-state index in [1.54, 1.807) is 0 Å². The van der Waals surface area contributed by atoms with Crippen LogP contribution in [-0.4, -0.2) is 36.3 Å². The van der Waals surface area contributed by atoms with Crippen LogP contribution in [0.1, 0.15) is 12.0 Å². The fourth-order valence-electron chi connectivity index (χ4n) is 2.21. The largest absolute Gasteiger partial charge is 0.492 e. The van der Waals surface area contributed by atoms with E-state index in [9.17, 15) is 4.79 Å². The van der Waals surface area contributed by atoms with Crippen LogP contribution >= 0.6 is 15.9 Å². The number of hydrogen-bond acceptors (Lipinski definition) is 2. The molecule has 0 N–H and O–H groups in total. The van der Waals surface area contributed by atoms with Gasteiger partial charge in [0, 0.05) is 18.9 Å². The predicted octanol–water partition coefficient (Wildman–Crippen LogP) is 2.48. The topological polar surface area (TPSA) is 29.5 Å². The van der Waals surface area contributed by atoms with Crippen molar-refractivity contribution in [3.8, 4) is 5.75 Å². The Bertz CT molecular complexity index is 422. The standard InChI is InChI=1S/C14H18BrNO2/c1-16(8-4-7-15)14(17)12-9-11-5-2-3-6-13(11)18-10-12/h2-3,5-6,12H,4,7-10H2,1H3. The highest BCUT2D eigenvalue weighted by Gasteiger charge is 2.27. The Hall–Kier alpha value is -1.03. The van der Waals surface area contributed by atoms with Gasteiger partial charge in [0.2, 0.25) is 5.91 Å². The molecule has 1 heterocycles. The lowest BCUT2D eigenvalue weighted by atomic mass is 9.95. The third-order valence-electron chi connectivity index (χ3n) is 3.23. The van der Waals surface area contributed by atoms with E-state index in [0.29, 0.717) is 6.61 Å². The second-order valence-electron chi connectivity index (χ2n) is 4.62. The molecular weight excluding hydrogens is 294 g/mol. The number of ether oxygens (including phenoxy) is 1. The first-order chi connectivity index (χ1) is 8.72. The maximum Gasteiger partial charge on any atom is 0.229 e. The number of amides is 1. The van der Waals surface area contributed by atoms with E-state index < -0.39 is 0 Å². The maximum atomic E-state index is 12.2. The molecule has 0 fully saturated rings. The summed E-state index contributed by atoms with van der Waals surface area (Å²) >= 11 is 3.38. The van der Waals surface area contributed by atoms with Crippen molar-refractivity contribution in [2.24, 2.45) is 5.92 Å². The van der Waals surface area contributed by atoms with Gasteiger partial charge in [-0.2, -0.15) is 0 Å². The van der Waals surface area contributed by atoms with Crippen molar-refractivity contribution in [2.45, 2.75) is 12.8 Å². The summed E-state index contributed by atoms with van der Waals surface area (Å²) in [7, 11) is 1.87. The zero-order valence-corrected chi connectivity index (χ0v) is 12.1. The van der Waals surface area contributed by atoms with Crippen molar-refractivity contribution in [3.05, 3.63) is 29.8 Å². The zero-order chi connectivity index (χ0) is 13.0. The molecule has 98 valence electrons. The van der Waals surface area contributed by atoms with Crippen LogP contribution in [-0.2, 0) is 11.2 Å². The monoisotopic (exact) mass is 311 g/mol. The first-order valence-electron chi connectivity index (χ1n) is 6.24. The summed E-state index contributed by atoms with van der Waals surface area (Å²) in [6.45, 7) is 1.29. The Morgan fingerprint density at radius 1 is 1.50 bits per heavy atom. The molecule has 1 unspecified atom stereocenters. The number of para-hydroxylation sites is 1. The third kappa shape index (κ3) is 3.05. The molecule has 0 saturated heterocycles. The molecule has 1 atom stereocenters. The second-order valence-corrected chi connectivity index (χ2v) is 5.42. The van der Waals surface area contributed by atoms with E-state index in [0.717, 1.165) is 36.0 Å². The average molecular weight is 312 g/mol. The summed E-state index contributed by atoms with van der Waals surface area (Å²) < 4.78 is 5.66. The number of halogens is 1. The van der Waals surface area contributed by atoms with E-state index in [2.05, 4.69) is 15.9 Å². The van der Waals surface area contributed by atoms with Crippen molar-refractivity contribution in [3.63, 3.8) is 0 Å². The number of alkyl halides is 1. The van der Waals surface area contributed by atoms with Crippen molar-refractivity contribution < 1.29 is 9.53 Å². The van der Waals surface area contributed by atoms with Crippen molar-refractivity contribution in [2.75, 3.05) is 25.5 Å². The number of benzene rings is 1. The van der Waals surface area contributed by atoms with Crippen LogP contribution in [0.25, 0.3) is 0 Å². The first kappa shape index (κ1) is 13.4. The Balaban J connectivity index is 1.98. The average Bonchev–Trinajstić information content (AvgIpc) is 2.43. The number of nitrogens with zero attached hydrogens (tertiary/aromatic N) is 1.